The molecule has 0 aliphatic rings. The van der Waals surface area contributed by atoms with E-state index in [1.165, 1.54) is 48.5 Å². The molecule has 0 aliphatic carbocycles. The second kappa shape index (κ2) is 7.26. The van der Waals surface area contributed by atoms with Crippen LogP contribution in [0, 0.1) is 0 Å². The van der Waals surface area contributed by atoms with Gasteiger partial charge >= 0.3 is 5.97 Å². The molecule has 29 heavy (non-hydrogen) atoms. The van der Waals surface area contributed by atoms with Crippen molar-refractivity contribution >= 4 is 48.2 Å². The molecule has 0 unspecified atom stereocenters. The van der Waals surface area contributed by atoms with E-state index in [4.69, 9.17) is 5.11 Å². The summed E-state index contributed by atoms with van der Waals surface area (Å²) in [5.41, 5.74) is -0.106. The van der Waals surface area contributed by atoms with Crippen LogP contribution in [0.1, 0.15) is 10.4 Å². The fraction of sp³-hybridized carbons (Fsp3) is 0.0556. The van der Waals surface area contributed by atoms with Gasteiger partial charge in [0.15, 0.2) is 0 Å². The molecule has 0 atom stereocenters. The molecule has 0 radical (unpaired) electrons. The first-order valence-electron chi connectivity index (χ1n) is 8.06. The summed E-state index contributed by atoms with van der Waals surface area (Å²) in [7, 11) is -7.69. The number of carbonyl (C=O) groups is 1. The Bertz CT molecular complexity index is 1330. The number of rotatable bonds is 6. The topological polar surface area (TPSA) is 150 Å². The highest BCUT2D eigenvalue weighted by Crippen LogP contribution is 2.34. The van der Waals surface area contributed by atoms with Gasteiger partial charge in [-0.05, 0) is 30.3 Å². The number of sulfonamides is 2. The van der Waals surface area contributed by atoms with E-state index < -0.39 is 31.8 Å². The number of fused-ring (bicyclic) bond motifs is 1. The van der Waals surface area contributed by atoms with Crippen molar-refractivity contribution in [1.82, 2.24) is 0 Å². The number of benzene rings is 3. The predicted molar refractivity (Wildman–Crippen MR) is 108 cm³/mol. The van der Waals surface area contributed by atoms with Crippen molar-refractivity contribution in [2.75, 3.05) is 15.7 Å². The van der Waals surface area contributed by atoms with Crippen molar-refractivity contribution < 1.29 is 31.8 Å². The van der Waals surface area contributed by atoms with Crippen LogP contribution in [-0.2, 0) is 20.0 Å². The Balaban J connectivity index is 2.03. The summed E-state index contributed by atoms with van der Waals surface area (Å²) in [4.78, 5) is 11.0. The van der Waals surface area contributed by atoms with Gasteiger partial charge < -0.3 is 10.2 Å². The molecule has 0 aromatic heterocycles. The average molecular weight is 436 g/mol. The van der Waals surface area contributed by atoms with Crippen LogP contribution in [0.5, 0.6) is 5.75 Å². The monoisotopic (exact) mass is 436 g/mol. The Hall–Kier alpha value is -3.31. The van der Waals surface area contributed by atoms with Gasteiger partial charge in [0.05, 0.1) is 16.8 Å². The number of carboxylic acid groups (broad SMARTS) is 1. The molecule has 4 N–H and O–H groups in total. The zero-order chi connectivity index (χ0) is 21.4. The van der Waals surface area contributed by atoms with E-state index in [1.54, 1.807) is 0 Å². The van der Waals surface area contributed by atoms with E-state index >= 15 is 0 Å². The molecule has 11 heteroatoms. The number of hydrogen-bond acceptors (Lipinski definition) is 6. The molecule has 0 saturated carbocycles. The molecule has 152 valence electrons. The second-order valence-corrected chi connectivity index (χ2v) is 9.61. The van der Waals surface area contributed by atoms with Gasteiger partial charge in [-0.15, -0.1) is 0 Å². The van der Waals surface area contributed by atoms with Gasteiger partial charge in [0.2, 0.25) is 10.0 Å². The molecule has 0 aliphatic heterocycles. The average Bonchev–Trinajstić information content (AvgIpc) is 2.61. The molecule has 0 fully saturated rings. The van der Waals surface area contributed by atoms with Gasteiger partial charge in [-0.3, -0.25) is 9.44 Å². The molecular weight excluding hydrogens is 420 g/mol. The second-order valence-electron chi connectivity index (χ2n) is 6.18. The summed E-state index contributed by atoms with van der Waals surface area (Å²) in [5.74, 6) is -1.79. The van der Waals surface area contributed by atoms with Crippen LogP contribution in [0.4, 0.5) is 11.4 Å². The Morgan fingerprint density at radius 2 is 1.59 bits per heavy atom. The molecule has 9 nitrogen and oxygen atoms in total. The van der Waals surface area contributed by atoms with Crippen LogP contribution in [0.15, 0.2) is 59.5 Å². The maximum atomic E-state index is 12.8. The Morgan fingerprint density at radius 1 is 0.897 bits per heavy atom. The van der Waals surface area contributed by atoms with Crippen molar-refractivity contribution in [2.24, 2.45) is 0 Å². The molecule has 0 bridgehead atoms. The first-order valence-corrected chi connectivity index (χ1v) is 11.4. The largest absolute Gasteiger partial charge is 0.506 e. The highest BCUT2D eigenvalue weighted by Gasteiger charge is 2.19. The van der Waals surface area contributed by atoms with Gasteiger partial charge in [0.1, 0.15) is 11.3 Å². The van der Waals surface area contributed by atoms with Crippen molar-refractivity contribution in [3.63, 3.8) is 0 Å². The molecule has 3 aromatic rings. The quantitative estimate of drug-likeness (QED) is 0.463. The fourth-order valence-electron chi connectivity index (χ4n) is 2.75. The van der Waals surface area contributed by atoms with Crippen LogP contribution in [0.25, 0.3) is 10.8 Å². The summed E-state index contributed by atoms with van der Waals surface area (Å²) >= 11 is 0. The summed E-state index contributed by atoms with van der Waals surface area (Å²) in [6.07, 6.45) is 0.945. The van der Waals surface area contributed by atoms with Crippen molar-refractivity contribution in [3.05, 3.63) is 60.2 Å². The minimum absolute atomic E-state index is 0.0806. The first-order chi connectivity index (χ1) is 13.5. The van der Waals surface area contributed by atoms with E-state index in [2.05, 4.69) is 9.44 Å². The molecule has 0 saturated heterocycles. The normalized spacial score (nSPS) is 11.9. The van der Waals surface area contributed by atoms with Gasteiger partial charge in [-0.25, -0.2) is 21.6 Å². The smallest absolute Gasteiger partial charge is 0.339 e. The lowest BCUT2D eigenvalue weighted by molar-refractivity contribution is 0.0694. The minimum atomic E-state index is -4.10. The lowest BCUT2D eigenvalue weighted by atomic mass is 10.0. The summed E-state index contributed by atoms with van der Waals surface area (Å²) in [5, 5.41) is 19.8. The molecule has 0 amide bonds. The Morgan fingerprint density at radius 3 is 2.24 bits per heavy atom. The SMILES string of the molecule is CS(=O)(=O)Nc1cccc(S(=O)(=O)Nc2cccc3c(O)c(C(=O)O)ccc23)c1. The molecule has 0 heterocycles. The number of aromatic carboxylic acids is 1. The number of nitrogens with one attached hydrogen (secondary N) is 2. The minimum Gasteiger partial charge on any atom is -0.506 e. The van der Waals surface area contributed by atoms with E-state index in [0.717, 1.165) is 12.3 Å². The maximum absolute atomic E-state index is 12.8. The van der Waals surface area contributed by atoms with Crippen LogP contribution in [0.3, 0.4) is 0 Å². The Labute approximate surface area is 166 Å². The van der Waals surface area contributed by atoms with Crippen LogP contribution in [0.2, 0.25) is 0 Å². The predicted octanol–water partition coefficient (Wildman–Crippen LogP) is 2.42. The third-order valence-electron chi connectivity index (χ3n) is 3.96. The van der Waals surface area contributed by atoms with E-state index in [9.17, 15) is 26.7 Å². The first kappa shape index (κ1) is 20.4. The van der Waals surface area contributed by atoms with Crippen molar-refractivity contribution in [1.29, 1.82) is 0 Å². The maximum Gasteiger partial charge on any atom is 0.339 e. The zero-order valence-electron chi connectivity index (χ0n) is 14.9. The van der Waals surface area contributed by atoms with Crippen LogP contribution < -0.4 is 9.44 Å². The molecule has 0 spiro atoms. The molecular formula is C18H16N2O7S2. The summed E-state index contributed by atoms with van der Waals surface area (Å²) in [6.45, 7) is 0. The van der Waals surface area contributed by atoms with Crippen LogP contribution in [-0.4, -0.2) is 39.3 Å². The van der Waals surface area contributed by atoms with Crippen molar-refractivity contribution in [3.8, 4) is 5.75 Å². The lowest BCUT2D eigenvalue weighted by Gasteiger charge is -2.13. The molecule has 3 rings (SSSR count). The van der Waals surface area contributed by atoms with Gasteiger partial charge in [0.25, 0.3) is 10.0 Å². The van der Waals surface area contributed by atoms with Gasteiger partial charge in [-0.2, -0.15) is 0 Å². The summed E-state index contributed by atoms with van der Waals surface area (Å²) < 4.78 is 52.9. The van der Waals surface area contributed by atoms with Gasteiger partial charge in [-0.1, -0.05) is 24.3 Å². The van der Waals surface area contributed by atoms with Crippen molar-refractivity contribution in [2.45, 2.75) is 4.90 Å². The third-order valence-corrected chi connectivity index (χ3v) is 5.93. The Kier molecular flexibility index (Phi) is 5.11. The number of aromatic hydroxyl groups is 1. The van der Waals surface area contributed by atoms with E-state index in [-0.39, 0.29) is 27.2 Å². The highest BCUT2D eigenvalue weighted by molar-refractivity contribution is 7.93. The highest BCUT2D eigenvalue weighted by atomic mass is 32.2. The van der Waals surface area contributed by atoms with Crippen LogP contribution >= 0.6 is 0 Å². The molecule has 3 aromatic carbocycles. The van der Waals surface area contributed by atoms with E-state index in [1.807, 2.05) is 0 Å². The van der Waals surface area contributed by atoms with Gasteiger partial charge in [0, 0.05) is 16.5 Å². The van der Waals surface area contributed by atoms with E-state index in [0.29, 0.717) is 5.39 Å². The number of carboxylic acids is 1. The zero-order valence-corrected chi connectivity index (χ0v) is 16.6. The number of phenols is 1. The summed E-state index contributed by atoms with van der Waals surface area (Å²) in [6, 6.07) is 12.2. The lowest BCUT2D eigenvalue weighted by Crippen LogP contribution is -2.14. The number of anilines is 2. The third kappa shape index (κ3) is 4.41. The standard InChI is InChI=1S/C18H16N2O7S2/c1-28(24,25)19-11-4-2-5-12(10-11)29(26,27)20-16-7-3-6-14-13(16)8-9-15(17(14)21)18(22)23/h2-10,19-21H,1H3,(H,22,23). The number of hydrogen-bond donors (Lipinski definition) is 4. The fourth-order valence-corrected chi connectivity index (χ4v) is 4.43.